The summed E-state index contributed by atoms with van der Waals surface area (Å²) in [5.74, 6) is -0.179. The number of hydrogen-bond donors (Lipinski definition) is 1. The number of pyridine rings is 1. The number of ether oxygens (including phenoxy) is 3. The van der Waals surface area contributed by atoms with Gasteiger partial charge < -0.3 is 19.5 Å². The largest absolute Gasteiger partial charge is 0.493 e. The molecule has 0 saturated carbocycles. The lowest BCUT2D eigenvalue weighted by molar-refractivity contribution is -0.124. The van der Waals surface area contributed by atoms with E-state index in [0.29, 0.717) is 49.5 Å². The summed E-state index contributed by atoms with van der Waals surface area (Å²) in [6, 6.07) is 11.3. The lowest BCUT2D eigenvalue weighted by Crippen LogP contribution is -2.48. The van der Waals surface area contributed by atoms with Crippen molar-refractivity contribution in [3.63, 3.8) is 0 Å². The van der Waals surface area contributed by atoms with Gasteiger partial charge in [0, 0.05) is 31.4 Å². The van der Waals surface area contributed by atoms with Crippen LogP contribution >= 0.6 is 11.3 Å². The molecule has 2 aromatic heterocycles. The highest BCUT2D eigenvalue weighted by molar-refractivity contribution is 7.89. The first-order valence-corrected chi connectivity index (χ1v) is 14.8. The number of thiophene rings is 1. The zero-order valence-corrected chi connectivity index (χ0v) is 23.4. The van der Waals surface area contributed by atoms with Crippen molar-refractivity contribution in [2.75, 3.05) is 27.4 Å². The van der Waals surface area contributed by atoms with Crippen LogP contribution < -0.4 is 14.8 Å². The maximum Gasteiger partial charge on any atom is 0.349 e. The van der Waals surface area contributed by atoms with E-state index in [9.17, 15) is 18.0 Å². The summed E-state index contributed by atoms with van der Waals surface area (Å²) in [6.07, 6.45) is 4.12. The second-order valence-corrected chi connectivity index (χ2v) is 11.6. The van der Waals surface area contributed by atoms with Crippen molar-refractivity contribution < 1.29 is 32.2 Å². The number of esters is 1. The lowest BCUT2D eigenvalue weighted by Gasteiger charge is -2.29. The average Bonchev–Trinajstić information content (AvgIpc) is 3.36. The molecule has 1 atom stereocenters. The van der Waals surface area contributed by atoms with Crippen LogP contribution in [0.5, 0.6) is 11.5 Å². The van der Waals surface area contributed by atoms with E-state index in [1.165, 1.54) is 30.0 Å². The molecule has 1 aliphatic heterocycles. The van der Waals surface area contributed by atoms with E-state index in [0.717, 1.165) is 23.5 Å². The highest BCUT2D eigenvalue weighted by Gasteiger charge is 2.39. The summed E-state index contributed by atoms with van der Waals surface area (Å²) in [5, 5.41) is 4.33. The number of sulfonamides is 1. The number of aromatic nitrogens is 1. The molecule has 12 heteroatoms. The van der Waals surface area contributed by atoms with Crippen LogP contribution in [0.1, 0.15) is 40.2 Å². The van der Waals surface area contributed by atoms with Gasteiger partial charge in [-0.2, -0.15) is 4.31 Å². The van der Waals surface area contributed by atoms with E-state index in [-0.39, 0.29) is 22.2 Å². The number of nitrogens with one attached hydrogen (secondary N) is 1. The fraction of sp³-hybridized carbons (Fsp3) is 0.370. The van der Waals surface area contributed by atoms with E-state index >= 15 is 0 Å². The summed E-state index contributed by atoms with van der Waals surface area (Å²) in [4.78, 5) is 29.4. The fourth-order valence-electron chi connectivity index (χ4n) is 4.35. The van der Waals surface area contributed by atoms with E-state index in [4.69, 9.17) is 14.2 Å². The number of carbonyl (C=O) groups excluding carboxylic acids is 2. The molecule has 1 saturated heterocycles. The summed E-state index contributed by atoms with van der Waals surface area (Å²) >= 11 is 0.976. The Morgan fingerprint density at radius 1 is 1.15 bits per heavy atom. The van der Waals surface area contributed by atoms with Crippen LogP contribution in [0.3, 0.4) is 0 Å². The number of carbonyl (C=O) groups is 2. The molecule has 0 spiro atoms. The smallest absolute Gasteiger partial charge is 0.349 e. The van der Waals surface area contributed by atoms with Gasteiger partial charge in [-0.1, -0.05) is 12.1 Å². The van der Waals surface area contributed by atoms with Gasteiger partial charge in [-0.05, 0) is 60.5 Å². The normalized spacial score (nSPS) is 15.9. The van der Waals surface area contributed by atoms with Crippen LogP contribution in [-0.4, -0.2) is 63.0 Å². The molecule has 3 heterocycles. The minimum absolute atomic E-state index is 0.0363. The summed E-state index contributed by atoms with van der Waals surface area (Å²) in [6.45, 7) is 0.749. The number of nitrogens with zero attached hydrogens (tertiary/aromatic N) is 2. The van der Waals surface area contributed by atoms with Gasteiger partial charge in [-0.15, -0.1) is 11.3 Å². The highest BCUT2D eigenvalue weighted by Crippen LogP contribution is 2.33. The van der Waals surface area contributed by atoms with E-state index < -0.39 is 22.0 Å². The zero-order chi connectivity index (χ0) is 27.8. The number of benzene rings is 1. The van der Waals surface area contributed by atoms with Gasteiger partial charge >= 0.3 is 5.97 Å². The van der Waals surface area contributed by atoms with Gasteiger partial charge in [0.1, 0.15) is 15.8 Å². The second-order valence-electron chi connectivity index (χ2n) is 8.86. The lowest BCUT2D eigenvalue weighted by atomic mass is 10.1. The number of rotatable bonds is 11. The first kappa shape index (κ1) is 28.5. The van der Waals surface area contributed by atoms with Crippen LogP contribution in [-0.2, 0) is 32.5 Å². The Labute approximate surface area is 232 Å². The van der Waals surface area contributed by atoms with Crippen LogP contribution in [0.2, 0.25) is 0 Å². The Hall–Kier alpha value is -3.48. The van der Waals surface area contributed by atoms with Crippen LogP contribution in [0.15, 0.2) is 58.9 Å². The number of hydrogen-bond acceptors (Lipinski definition) is 9. The Morgan fingerprint density at radius 2 is 2.00 bits per heavy atom. The van der Waals surface area contributed by atoms with Crippen molar-refractivity contribution in [3.05, 3.63) is 70.2 Å². The third-order valence-corrected chi connectivity index (χ3v) is 9.27. The molecule has 0 radical (unpaired) electrons. The summed E-state index contributed by atoms with van der Waals surface area (Å²) < 4.78 is 45.4. The third kappa shape index (κ3) is 6.75. The van der Waals surface area contributed by atoms with Gasteiger partial charge in [-0.25, -0.2) is 13.2 Å². The molecule has 4 rings (SSSR count). The number of methoxy groups -OCH3 is 2. The van der Waals surface area contributed by atoms with Gasteiger partial charge in [0.15, 0.2) is 11.5 Å². The predicted octanol–water partition coefficient (Wildman–Crippen LogP) is 3.42. The standard InChI is InChI=1S/C27H31N3O7S2/c1-35-23-17-19(9-10-22(23)37-15-11-20-7-3-5-13-28-20)18-30(21-8-4-6-14-29-26(21)31)39(33,34)24-12-16-38-25(24)27(32)36-2/h3,5,7,9-10,12-13,16-17,21H,4,6,8,11,14-15,18H2,1-2H3,(H,29,31)/t21-/m0/s1. The van der Waals surface area contributed by atoms with Crippen LogP contribution in [0, 0.1) is 0 Å². The van der Waals surface area contributed by atoms with Crippen molar-refractivity contribution in [1.82, 2.24) is 14.6 Å². The third-order valence-electron chi connectivity index (χ3n) is 6.35. The van der Waals surface area contributed by atoms with E-state index in [2.05, 4.69) is 10.3 Å². The molecule has 1 aromatic carbocycles. The minimum Gasteiger partial charge on any atom is -0.493 e. The van der Waals surface area contributed by atoms with Crippen molar-refractivity contribution in [2.24, 2.45) is 0 Å². The molecular formula is C27H31N3O7S2. The first-order valence-electron chi connectivity index (χ1n) is 12.5. The summed E-state index contributed by atoms with van der Waals surface area (Å²) in [5.41, 5.74) is 1.50. The van der Waals surface area contributed by atoms with E-state index in [1.54, 1.807) is 24.4 Å². The van der Waals surface area contributed by atoms with Crippen LogP contribution in [0.4, 0.5) is 0 Å². The molecule has 0 aliphatic carbocycles. The molecule has 0 bridgehead atoms. The van der Waals surface area contributed by atoms with Gasteiger partial charge in [0.2, 0.25) is 15.9 Å². The molecule has 0 unspecified atom stereocenters. The molecule has 1 N–H and O–H groups in total. The Morgan fingerprint density at radius 3 is 2.74 bits per heavy atom. The Kier molecular flexibility index (Phi) is 9.54. The Balaban J connectivity index is 1.62. The molecule has 1 aliphatic rings. The van der Waals surface area contributed by atoms with Gasteiger partial charge in [0.05, 0.1) is 20.8 Å². The molecule has 10 nitrogen and oxygen atoms in total. The van der Waals surface area contributed by atoms with Crippen molar-refractivity contribution in [2.45, 2.75) is 43.2 Å². The molecule has 1 fully saturated rings. The molecular weight excluding hydrogens is 542 g/mol. The topological polar surface area (TPSA) is 124 Å². The van der Waals surface area contributed by atoms with E-state index in [1.807, 2.05) is 18.2 Å². The van der Waals surface area contributed by atoms with Crippen molar-refractivity contribution in [1.29, 1.82) is 0 Å². The first-order chi connectivity index (χ1) is 18.8. The molecule has 208 valence electrons. The molecule has 1 amide bonds. The van der Waals surface area contributed by atoms with Gasteiger partial charge in [-0.3, -0.25) is 9.78 Å². The summed E-state index contributed by atoms with van der Waals surface area (Å²) in [7, 11) is -1.56. The average molecular weight is 574 g/mol. The minimum atomic E-state index is -4.26. The predicted molar refractivity (Wildman–Crippen MR) is 145 cm³/mol. The van der Waals surface area contributed by atoms with Crippen molar-refractivity contribution in [3.8, 4) is 11.5 Å². The monoisotopic (exact) mass is 573 g/mol. The maximum absolute atomic E-state index is 14.0. The quantitative estimate of drug-likeness (QED) is 0.346. The number of amides is 1. The molecule has 3 aromatic rings. The maximum atomic E-state index is 14.0. The highest BCUT2D eigenvalue weighted by atomic mass is 32.2. The Bertz CT molecular complexity index is 1390. The van der Waals surface area contributed by atoms with Crippen LogP contribution in [0.25, 0.3) is 0 Å². The second kappa shape index (κ2) is 13.0. The van der Waals surface area contributed by atoms with Crippen molar-refractivity contribution >= 4 is 33.2 Å². The SMILES string of the molecule is COC(=O)c1sccc1S(=O)(=O)N(Cc1ccc(OCCc2ccccn2)c(OC)c1)[C@H]1CCCCNC1=O. The van der Waals surface area contributed by atoms with Gasteiger partial charge in [0.25, 0.3) is 0 Å². The molecule has 39 heavy (non-hydrogen) atoms. The fourth-order valence-corrected chi connectivity index (χ4v) is 7.27. The zero-order valence-electron chi connectivity index (χ0n) is 21.8.